The van der Waals surface area contributed by atoms with Gasteiger partial charge in [-0.05, 0) is 49.7 Å². The molecule has 2 N–H and O–H groups in total. The number of hydrogen-bond acceptors (Lipinski definition) is 1. The number of rotatable bonds is 5. The van der Waals surface area contributed by atoms with Crippen LogP contribution in [0.15, 0.2) is 40.9 Å². The number of aliphatic imine (C=N–C) groups is 1. The SMILES string of the molecule is CN=C(NCCC1=CCCCC1)NCC1Cc2ccccc21. The molecular weight excluding hydrogens is 270 g/mol. The number of benzene rings is 1. The van der Waals surface area contributed by atoms with Crippen molar-refractivity contribution in [3.05, 3.63) is 47.0 Å². The van der Waals surface area contributed by atoms with E-state index in [9.17, 15) is 0 Å². The molecule has 1 aromatic carbocycles. The Morgan fingerprint density at radius 3 is 2.91 bits per heavy atom. The van der Waals surface area contributed by atoms with Crippen LogP contribution in [0.5, 0.6) is 0 Å². The maximum absolute atomic E-state index is 4.33. The number of allylic oxidation sites excluding steroid dienone is 1. The first-order valence-electron chi connectivity index (χ1n) is 8.57. The van der Waals surface area contributed by atoms with Crippen LogP contribution in [0.25, 0.3) is 0 Å². The van der Waals surface area contributed by atoms with E-state index in [4.69, 9.17) is 0 Å². The molecule has 0 fully saturated rings. The van der Waals surface area contributed by atoms with E-state index < -0.39 is 0 Å². The molecule has 0 aliphatic heterocycles. The Bertz CT molecular complexity index is 560. The molecule has 0 amide bonds. The first-order valence-corrected chi connectivity index (χ1v) is 8.57. The number of nitrogens with one attached hydrogen (secondary N) is 2. The fourth-order valence-corrected chi connectivity index (χ4v) is 3.46. The van der Waals surface area contributed by atoms with Gasteiger partial charge in [-0.3, -0.25) is 4.99 Å². The highest BCUT2D eigenvalue weighted by molar-refractivity contribution is 5.79. The zero-order chi connectivity index (χ0) is 15.2. The summed E-state index contributed by atoms with van der Waals surface area (Å²) in [7, 11) is 1.85. The third kappa shape index (κ3) is 3.70. The molecule has 3 nitrogen and oxygen atoms in total. The van der Waals surface area contributed by atoms with Gasteiger partial charge in [-0.15, -0.1) is 0 Å². The summed E-state index contributed by atoms with van der Waals surface area (Å²) in [6.07, 6.45) is 10.0. The zero-order valence-electron chi connectivity index (χ0n) is 13.6. The molecule has 3 rings (SSSR count). The topological polar surface area (TPSA) is 36.4 Å². The fourth-order valence-electron chi connectivity index (χ4n) is 3.46. The number of guanidine groups is 1. The van der Waals surface area contributed by atoms with Crippen molar-refractivity contribution < 1.29 is 0 Å². The maximum atomic E-state index is 4.33. The van der Waals surface area contributed by atoms with E-state index in [1.807, 2.05) is 7.05 Å². The highest BCUT2D eigenvalue weighted by Gasteiger charge is 2.25. The van der Waals surface area contributed by atoms with Crippen LogP contribution in [0, 0.1) is 0 Å². The second kappa shape index (κ2) is 7.48. The molecule has 0 heterocycles. The Morgan fingerprint density at radius 2 is 2.14 bits per heavy atom. The molecule has 0 spiro atoms. The molecule has 0 saturated heterocycles. The van der Waals surface area contributed by atoms with Crippen LogP contribution >= 0.6 is 0 Å². The van der Waals surface area contributed by atoms with E-state index in [0.29, 0.717) is 5.92 Å². The summed E-state index contributed by atoms with van der Waals surface area (Å²) in [5.74, 6) is 1.57. The standard InChI is InChI=1S/C19H27N3/c1-20-19(21-12-11-15-7-3-2-4-8-15)22-14-17-13-16-9-5-6-10-18(16)17/h5-7,9-10,17H,2-4,8,11-14H2,1H3,(H2,20,21,22). The lowest BCUT2D eigenvalue weighted by atomic mass is 9.78. The summed E-state index contributed by atoms with van der Waals surface area (Å²) in [4.78, 5) is 4.33. The minimum absolute atomic E-state index is 0.635. The Kier molecular flexibility index (Phi) is 5.15. The monoisotopic (exact) mass is 297 g/mol. The molecule has 0 bridgehead atoms. The highest BCUT2D eigenvalue weighted by atomic mass is 15.2. The van der Waals surface area contributed by atoms with Gasteiger partial charge in [0.25, 0.3) is 0 Å². The van der Waals surface area contributed by atoms with Crippen molar-refractivity contribution in [1.29, 1.82) is 0 Å². The quantitative estimate of drug-likeness (QED) is 0.496. The van der Waals surface area contributed by atoms with Crippen LogP contribution in [0.1, 0.15) is 49.1 Å². The fraction of sp³-hybridized carbons (Fsp3) is 0.526. The molecule has 2 aliphatic carbocycles. The molecule has 2 aliphatic rings. The van der Waals surface area contributed by atoms with Crippen molar-refractivity contribution in [1.82, 2.24) is 10.6 Å². The van der Waals surface area contributed by atoms with E-state index in [1.165, 1.54) is 43.2 Å². The van der Waals surface area contributed by atoms with Gasteiger partial charge in [-0.25, -0.2) is 0 Å². The molecule has 118 valence electrons. The lowest BCUT2D eigenvalue weighted by Crippen LogP contribution is -2.41. The van der Waals surface area contributed by atoms with E-state index in [-0.39, 0.29) is 0 Å². The maximum Gasteiger partial charge on any atom is 0.191 e. The lowest BCUT2D eigenvalue weighted by molar-refractivity contribution is 0.583. The molecular formula is C19H27N3. The van der Waals surface area contributed by atoms with Crippen LogP contribution in [-0.2, 0) is 6.42 Å². The number of hydrogen-bond donors (Lipinski definition) is 2. The predicted octanol–water partition coefficient (Wildman–Crippen LogP) is 3.38. The summed E-state index contributed by atoms with van der Waals surface area (Å²) < 4.78 is 0. The molecule has 3 heteroatoms. The highest BCUT2D eigenvalue weighted by Crippen LogP contribution is 2.33. The van der Waals surface area contributed by atoms with E-state index in [1.54, 1.807) is 5.57 Å². The van der Waals surface area contributed by atoms with Crippen molar-refractivity contribution in [3.63, 3.8) is 0 Å². The second-order valence-electron chi connectivity index (χ2n) is 6.34. The second-order valence-corrected chi connectivity index (χ2v) is 6.34. The number of nitrogens with zero attached hydrogens (tertiary/aromatic N) is 1. The molecule has 1 aromatic rings. The van der Waals surface area contributed by atoms with Gasteiger partial charge in [0.15, 0.2) is 5.96 Å². The van der Waals surface area contributed by atoms with Gasteiger partial charge < -0.3 is 10.6 Å². The third-order valence-electron chi connectivity index (χ3n) is 4.82. The van der Waals surface area contributed by atoms with E-state index in [0.717, 1.165) is 25.5 Å². The normalized spacial score (nSPS) is 20.7. The smallest absolute Gasteiger partial charge is 0.191 e. The Morgan fingerprint density at radius 1 is 1.23 bits per heavy atom. The van der Waals surface area contributed by atoms with Crippen molar-refractivity contribution in [3.8, 4) is 0 Å². The largest absolute Gasteiger partial charge is 0.356 e. The van der Waals surface area contributed by atoms with Gasteiger partial charge in [0.05, 0.1) is 0 Å². The van der Waals surface area contributed by atoms with Gasteiger partial charge in [0.2, 0.25) is 0 Å². The van der Waals surface area contributed by atoms with Crippen LogP contribution in [0.3, 0.4) is 0 Å². The summed E-state index contributed by atoms with van der Waals surface area (Å²) in [6, 6.07) is 8.74. The minimum Gasteiger partial charge on any atom is -0.356 e. The predicted molar refractivity (Wildman–Crippen MR) is 93.4 cm³/mol. The van der Waals surface area contributed by atoms with Crippen molar-refractivity contribution in [2.75, 3.05) is 20.1 Å². The summed E-state index contributed by atoms with van der Waals surface area (Å²) in [5.41, 5.74) is 4.61. The van der Waals surface area contributed by atoms with Gasteiger partial charge in [-0.2, -0.15) is 0 Å². The van der Waals surface area contributed by atoms with E-state index in [2.05, 4.69) is 46.0 Å². The first-order chi connectivity index (χ1) is 10.9. The number of fused-ring (bicyclic) bond motifs is 1. The van der Waals surface area contributed by atoms with Crippen LogP contribution in [0.4, 0.5) is 0 Å². The van der Waals surface area contributed by atoms with Crippen molar-refractivity contribution >= 4 is 5.96 Å². The molecule has 22 heavy (non-hydrogen) atoms. The molecule has 0 radical (unpaired) electrons. The lowest BCUT2D eigenvalue weighted by Gasteiger charge is -2.30. The van der Waals surface area contributed by atoms with Gasteiger partial charge in [-0.1, -0.05) is 35.9 Å². The van der Waals surface area contributed by atoms with Gasteiger partial charge in [0, 0.05) is 26.1 Å². The van der Waals surface area contributed by atoms with Gasteiger partial charge >= 0.3 is 0 Å². The van der Waals surface area contributed by atoms with E-state index >= 15 is 0 Å². The summed E-state index contributed by atoms with van der Waals surface area (Å²) in [6.45, 7) is 1.95. The van der Waals surface area contributed by atoms with Crippen LogP contribution < -0.4 is 10.6 Å². The molecule has 1 atom stereocenters. The zero-order valence-corrected chi connectivity index (χ0v) is 13.6. The molecule has 1 unspecified atom stereocenters. The van der Waals surface area contributed by atoms with Crippen LogP contribution in [-0.4, -0.2) is 26.1 Å². The summed E-state index contributed by atoms with van der Waals surface area (Å²) in [5, 5.41) is 6.91. The van der Waals surface area contributed by atoms with Gasteiger partial charge in [0.1, 0.15) is 0 Å². The van der Waals surface area contributed by atoms with Crippen LogP contribution in [0.2, 0.25) is 0 Å². The molecule has 0 aromatic heterocycles. The third-order valence-corrected chi connectivity index (χ3v) is 4.82. The minimum atomic E-state index is 0.635. The Labute approximate surface area is 133 Å². The Balaban J connectivity index is 1.39. The van der Waals surface area contributed by atoms with Crippen molar-refractivity contribution in [2.45, 2.75) is 44.4 Å². The van der Waals surface area contributed by atoms with Crippen molar-refractivity contribution in [2.24, 2.45) is 4.99 Å². The average molecular weight is 297 g/mol. The molecule has 0 saturated carbocycles. The Hall–Kier alpha value is -1.77. The first kappa shape index (κ1) is 15.1. The average Bonchev–Trinajstić information content (AvgIpc) is 2.55. The summed E-state index contributed by atoms with van der Waals surface area (Å²) >= 11 is 0.